The predicted octanol–water partition coefficient (Wildman–Crippen LogP) is 11.3. The standard InChI is InChI=1S/C53H53N7O6/c1-51(2,3)64-48(61)28-10-15-33(36(54)24-28)45-39-18-13-31(57-39)27-32-14-19-40(58-32)46(34-16-11-29(25-37(34)55)49(62)65-52(4,5)6)42-21-23-44(60-42)47(43-22-20-41(45)59-43)35-17-12-30(26-38(35)56)50(63)66-53(7,8)9/h10-27,57,60H,54-56H2,1-9H3. The van der Waals surface area contributed by atoms with E-state index in [4.69, 9.17) is 41.4 Å². The van der Waals surface area contributed by atoms with E-state index in [1.165, 1.54) is 0 Å². The first kappa shape index (κ1) is 44.7. The van der Waals surface area contributed by atoms with Gasteiger partial charge in [0.25, 0.3) is 0 Å². The molecule has 0 atom stereocenters. The second-order valence-corrected chi connectivity index (χ2v) is 19.3. The van der Waals surface area contributed by atoms with Crippen LogP contribution in [0.3, 0.4) is 0 Å². The molecule has 0 amide bonds. The zero-order chi connectivity index (χ0) is 47.5. The van der Waals surface area contributed by atoms with Gasteiger partial charge < -0.3 is 41.4 Å². The summed E-state index contributed by atoms with van der Waals surface area (Å²) in [5.74, 6) is -1.49. The van der Waals surface area contributed by atoms with Crippen molar-refractivity contribution in [1.82, 2.24) is 19.9 Å². The lowest BCUT2D eigenvalue weighted by molar-refractivity contribution is 0.00571. The van der Waals surface area contributed by atoms with Gasteiger partial charge in [-0.3, -0.25) is 0 Å². The molecule has 8 N–H and O–H groups in total. The number of benzene rings is 3. The third kappa shape index (κ3) is 9.46. The molecule has 3 aromatic heterocycles. The summed E-state index contributed by atoms with van der Waals surface area (Å²) in [4.78, 5) is 56.9. The molecule has 8 bridgehead atoms. The van der Waals surface area contributed by atoms with Crippen LogP contribution in [0.5, 0.6) is 0 Å². The molecule has 2 aliphatic heterocycles. The summed E-state index contributed by atoms with van der Waals surface area (Å²) in [6.45, 7) is 16.3. The number of ether oxygens (including phenoxy) is 3. The Morgan fingerprint density at radius 3 is 1.17 bits per heavy atom. The Balaban J connectivity index is 1.42. The molecule has 0 unspecified atom stereocenters. The summed E-state index contributed by atoms with van der Waals surface area (Å²) < 4.78 is 17.0. The lowest BCUT2D eigenvalue weighted by atomic mass is 9.99. The Morgan fingerprint density at radius 1 is 0.439 bits per heavy atom. The zero-order valence-electron chi connectivity index (χ0n) is 38.5. The Morgan fingerprint density at radius 2 is 0.788 bits per heavy atom. The minimum Gasteiger partial charge on any atom is -0.456 e. The predicted molar refractivity (Wildman–Crippen MR) is 264 cm³/mol. The second kappa shape index (κ2) is 16.6. The normalized spacial score (nSPS) is 12.6. The van der Waals surface area contributed by atoms with Crippen LogP contribution in [0.15, 0.2) is 84.9 Å². The lowest BCUT2D eigenvalue weighted by Crippen LogP contribution is -2.24. The number of nitrogens with two attached hydrogens (primary N) is 3. The number of hydrogen-bond acceptors (Lipinski definition) is 11. The molecule has 13 heteroatoms. The Kier molecular flexibility index (Phi) is 11.2. The van der Waals surface area contributed by atoms with Gasteiger partial charge in [0.2, 0.25) is 0 Å². The third-order valence-electron chi connectivity index (χ3n) is 10.4. The van der Waals surface area contributed by atoms with E-state index in [1.54, 1.807) is 75.4 Å². The molecule has 336 valence electrons. The zero-order valence-corrected chi connectivity index (χ0v) is 38.5. The summed E-state index contributed by atoms with van der Waals surface area (Å²) in [7, 11) is 0. The van der Waals surface area contributed by atoms with Gasteiger partial charge in [-0.15, -0.1) is 0 Å². The average Bonchev–Trinajstić information content (AvgIpc) is 4.05. The highest BCUT2D eigenvalue weighted by molar-refractivity contribution is 6.03. The van der Waals surface area contributed by atoms with E-state index in [0.29, 0.717) is 106 Å². The van der Waals surface area contributed by atoms with Crippen LogP contribution < -0.4 is 17.2 Å². The number of nitrogens with one attached hydrogen (secondary N) is 2. The number of H-pyrrole nitrogens is 2. The summed E-state index contributed by atoms with van der Waals surface area (Å²) in [6.07, 6.45) is 7.63. The molecule has 66 heavy (non-hydrogen) atoms. The number of esters is 3. The fraction of sp³-hybridized carbons (Fsp3) is 0.226. The van der Waals surface area contributed by atoms with E-state index in [9.17, 15) is 14.4 Å². The van der Waals surface area contributed by atoms with Gasteiger partial charge in [0.05, 0.1) is 39.5 Å². The van der Waals surface area contributed by atoms with E-state index in [1.807, 2.05) is 96.2 Å². The summed E-state index contributed by atoms with van der Waals surface area (Å²) in [5, 5.41) is 0. The van der Waals surface area contributed by atoms with Crippen molar-refractivity contribution in [3.8, 4) is 33.4 Å². The summed E-state index contributed by atoms with van der Waals surface area (Å²) in [6, 6.07) is 24.9. The molecule has 0 saturated carbocycles. The smallest absolute Gasteiger partial charge is 0.338 e. The van der Waals surface area contributed by atoms with Crippen LogP contribution in [-0.4, -0.2) is 54.6 Å². The highest BCUT2D eigenvalue weighted by Gasteiger charge is 2.25. The van der Waals surface area contributed by atoms with Crippen LogP contribution in [0.25, 0.3) is 79.8 Å². The molecule has 0 spiro atoms. The Bertz CT molecular complexity index is 3150. The molecule has 13 nitrogen and oxygen atoms in total. The van der Waals surface area contributed by atoms with Gasteiger partial charge >= 0.3 is 17.9 Å². The second-order valence-electron chi connectivity index (χ2n) is 19.3. The molecule has 0 aliphatic carbocycles. The molecule has 6 aromatic rings. The van der Waals surface area contributed by atoms with E-state index in [2.05, 4.69) is 9.97 Å². The first-order valence-electron chi connectivity index (χ1n) is 21.5. The fourth-order valence-electron chi connectivity index (χ4n) is 7.75. The fourth-order valence-corrected chi connectivity index (χ4v) is 7.75. The Hall–Kier alpha value is -7.93. The summed E-state index contributed by atoms with van der Waals surface area (Å²) in [5.41, 5.74) is 29.3. The largest absolute Gasteiger partial charge is 0.456 e. The van der Waals surface area contributed by atoms with Gasteiger partial charge in [0.1, 0.15) is 16.8 Å². The van der Waals surface area contributed by atoms with Gasteiger partial charge in [-0.05, 0) is 153 Å². The summed E-state index contributed by atoms with van der Waals surface area (Å²) >= 11 is 0. The van der Waals surface area contributed by atoms with Crippen molar-refractivity contribution >= 4 is 81.3 Å². The van der Waals surface area contributed by atoms with Crippen LogP contribution in [0.4, 0.5) is 17.1 Å². The number of rotatable bonds is 6. The van der Waals surface area contributed by atoms with Crippen molar-refractivity contribution in [3.63, 3.8) is 0 Å². The number of nitrogen functional groups attached to an aromatic ring is 3. The van der Waals surface area contributed by atoms with Gasteiger partial charge in [-0.1, -0.05) is 18.2 Å². The number of aromatic amines is 2. The SMILES string of the molecule is CC(C)(C)OC(=O)c1ccc(-c2c3nc(c(-c4ccc(C(=O)OC(C)(C)C)cc4N)c4ccc([nH]4)c(-c4ccc(C(=O)OC(C)(C)C)cc4N)c4nc(cc5ccc2[nH]5)C=C4)C=C3)c(N)c1. The molecule has 5 heterocycles. The first-order valence-corrected chi connectivity index (χ1v) is 21.5. The van der Waals surface area contributed by atoms with Crippen LogP contribution in [0.1, 0.15) is 116 Å². The number of anilines is 3. The highest BCUT2D eigenvalue weighted by atomic mass is 16.6. The van der Waals surface area contributed by atoms with Crippen LogP contribution in [-0.2, 0) is 14.2 Å². The van der Waals surface area contributed by atoms with Crippen LogP contribution in [0.2, 0.25) is 0 Å². The quantitative estimate of drug-likeness (QED) is 0.0601. The maximum absolute atomic E-state index is 13.2. The number of carbonyl (C=O) groups is 3. The number of nitrogens with zero attached hydrogens (tertiary/aromatic N) is 2. The van der Waals surface area contributed by atoms with Gasteiger partial charge in [0, 0.05) is 72.5 Å². The topological polar surface area (TPSA) is 214 Å². The van der Waals surface area contributed by atoms with E-state index >= 15 is 0 Å². The van der Waals surface area contributed by atoms with Crippen molar-refractivity contribution in [3.05, 3.63) is 124 Å². The minimum atomic E-state index is -0.713. The number of carbonyl (C=O) groups excluding carboxylic acids is 3. The van der Waals surface area contributed by atoms with Crippen molar-refractivity contribution in [2.75, 3.05) is 17.2 Å². The number of aromatic nitrogens is 4. The van der Waals surface area contributed by atoms with Gasteiger partial charge in [-0.25, -0.2) is 24.4 Å². The number of hydrogen-bond donors (Lipinski definition) is 5. The molecule has 0 saturated heterocycles. The maximum atomic E-state index is 13.2. The van der Waals surface area contributed by atoms with Gasteiger partial charge in [0.15, 0.2) is 0 Å². The van der Waals surface area contributed by atoms with E-state index < -0.39 is 34.7 Å². The monoisotopic (exact) mass is 883 g/mol. The highest BCUT2D eigenvalue weighted by Crippen LogP contribution is 2.40. The van der Waals surface area contributed by atoms with Crippen molar-refractivity contribution in [1.29, 1.82) is 0 Å². The average molecular weight is 884 g/mol. The first-order chi connectivity index (χ1) is 31.0. The van der Waals surface area contributed by atoms with Crippen molar-refractivity contribution in [2.45, 2.75) is 79.1 Å². The third-order valence-corrected chi connectivity index (χ3v) is 10.4. The van der Waals surface area contributed by atoms with Crippen molar-refractivity contribution < 1.29 is 28.6 Å². The molecule has 3 aromatic carbocycles. The molecular weight excluding hydrogens is 831 g/mol. The molecular formula is C53H53N7O6. The van der Waals surface area contributed by atoms with Crippen LogP contribution >= 0.6 is 0 Å². The van der Waals surface area contributed by atoms with E-state index in [0.717, 1.165) is 5.52 Å². The Labute approximate surface area is 382 Å². The van der Waals surface area contributed by atoms with Gasteiger partial charge in [-0.2, -0.15) is 0 Å². The molecule has 8 rings (SSSR count). The molecule has 0 fully saturated rings. The van der Waals surface area contributed by atoms with Crippen LogP contribution in [0, 0.1) is 0 Å². The number of fused-ring (bicyclic) bond motifs is 8. The molecule has 0 radical (unpaired) electrons. The maximum Gasteiger partial charge on any atom is 0.338 e. The lowest BCUT2D eigenvalue weighted by Gasteiger charge is -2.20. The minimum absolute atomic E-state index is 0.294. The van der Waals surface area contributed by atoms with E-state index in [-0.39, 0.29) is 0 Å². The molecule has 2 aliphatic rings. The van der Waals surface area contributed by atoms with Crippen molar-refractivity contribution in [2.24, 2.45) is 0 Å².